The molecule has 1 aliphatic heterocycles. The van der Waals surface area contributed by atoms with E-state index in [0.29, 0.717) is 57.3 Å². The van der Waals surface area contributed by atoms with Crippen LogP contribution in [-0.4, -0.2) is 95.0 Å². The van der Waals surface area contributed by atoms with E-state index in [2.05, 4.69) is 10.2 Å². The van der Waals surface area contributed by atoms with Gasteiger partial charge in [0.15, 0.2) is 0 Å². The number of amides is 1. The highest BCUT2D eigenvalue weighted by molar-refractivity contribution is 7.99. The predicted molar refractivity (Wildman–Crippen MR) is 241 cm³/mol. The second kappa shape index (κ2) is 20.7. The topological polar surface area (TPSA) is 156 Å². The van der Waals surface area contributed by atoms with E-state index in [9.17, 15) is 45.0 Å². The minimum atomic E-state index is -6.08. The zero-order chi connectivity index (χ0) is 45.4. The maximum atomic E-state index is 14.1. The van der Waals surface area contributed by atoms with Gasteiger partial charge in [-0.3, -0.25) is 4.79 Å². The minimum Gasteiger partial charge on any atom is -0.395 e. The van der Waals surface area contributed by atoms with Crippen LogP contribution in [0.15, 0.2) is 136 Å². The number of aryl methyl sites for hydroxylation is 1. The number of sulfone groups is 1. The van der Waals surface area contributed by atoms with Gasteiger partial charge < -0.3 is 25.3 Å². The normalized spacial score (nSPS) is 15.0. The molecule has 63 heavy (non-hydrogen) atoms. The molecular formula is C46H51F3N4O7S3. The molecule has 1 amide bonds. The lowest BCUT2D eigenvalue weighted by Gasteiger charge is -2.36. The Morgan fingerprint density at radius 1 is 0.873 bits per heavy atom. The van der Waals surface area contributed by atoms with Gasteiger partial charge in [-0.05, 0) is 117 Å². The summed E-state index contributed by atoms with van der Waals surface area (Å²) in [6.45, 7) is 3.90. The summed E-state index contributed by atoms with van der Waals surface area (Å²) in [5.74, 6) is -0.755. The van der Waals surface area contributed by atoms with Crippen molar-refractivity contribution in [3.05, 3.63) is 138 Å². The molecular weight excluding hydrogens is 874 g/mol. The summed E-state index contributed by atoms with van der Waals surface area (Å²) in [5, 5.41) is 23.8. The van der Waals surface area contributed by atoms with E-state index in [0.717, 1.165) is 45.0 Å². The van der Waals surface area contributed by atoms with Crippen molar-refractivity contribution in [3.63, 3.8) is 0 Å². The molecule has 5 aromatic rings. The van der Waals surface area contributed by atoms with Crippen LogP contribution in [0.4, 0.5) is 24.5 Å². The zero-order valence-electron chi connectivity index (χ0n) is 34.8. The number of hydrogen-bond donors (Lipinski definition) is 4. The molecule has 1 heterocycles. The van der Waals surface area contributed by atoms with Gasteiger partial charge in [-0.1, -0.05) is 72.3 Å². The number of nitrogens with zero attached hydrogens (tertiary/aromatic N) is 2. The number of alkyl halides is 3. The minimum absolute atomic E-state index is 0.00376. The van der Waals surface area contributed by atoms with Crippen molar-refractivity contribution in [2.24, 2.45) is 5.92 Å². The average Bonchev–Trinajstić information content (AvgIpc) is 3.27. The van der Waals surface area contributed by atoms with Crippen LogP contribution in [0.3, 0.4) is 0 Å². The number of sulfonamides is 1. The molecule has 5 aromatic carbocycles. The molecule has 0 aliphatic carbocycles. The molecule has 0 unspecified atom stereocenters. The molecule has 6 rings (SSSR count). The Labute approximate surface area is 371 Å². The molecule has 0 spiro atoms. The number of hydrogen-bond acceptors (Lipinski definition) is 11. The first-order valence-corrected chi connectivity index (χ1v) is 24.4. The van der Waals surface area contributed by atoms with Crippen LogP contribution in [0.25, 0.3) is 11.1 Å². The summed E-state index contributed by atoms with van der Waals surface area (Å²) in [6, 6.07) is 33.1. The standard InChI is InChI=1S/C46H51F3N4O7S3/c1-32-12-14-33(15-13-32)40-10-6-7-11-41(40)44(55)34-22-26-53(27-23-34)37-18-16-35(17-19-37)45(56)51-63(59,60)39-20-21-42(43(30-39)62(57,58)46(47,48)49)50-36(24-25-52(2)28-29-54)31-61-38-8-4-3-5-9-38/h3-21,30,34,36,44,50,54-55H,22-29,31H2,1-2H3,(H,51,56)/t36-,44+/m1/s1. The van der Waals surface area contributed by atoms with Crippen molar-refractivity contribution >= 4 is 48.9 Å². The molecule has 0 saturated carbocycles. The van der Waals surface area contributed by atoms with Crippen molar-refractivity contribution in [1.29, 1.82) is 0 Å². The van der Waals surface area contributed by atoms with Crippen LogP contribution in [0.2, 0.25) is 0 Å². The Hall–Kier alpha value is -4.91. The van der Waals surface area contributed by atoms with E-state index in [1.54, 1.807) is 19.2 Å². The Morgan fingerprint density at radius 2 is 1.52 bits per heavy atom. The van der Waals surface area contributed by atoms with Gasteiger partial charge in [0.2, 0.25) is 0 Å². The number of benzene rings is 5. The van der Waals surface area contributed by atoms with E-state index >= 15 is 0 Å². The Kier molecular flexibility index (Phi) is 15.6. The number of thioether (sulfide) groups is 1. The third-order valence-corrected chi connectivity index (χ3v) is 15.1. The third kappa shape index (κ3) is 12.0. The second-order valence-corrected chi connectivity index (χ2v) is 20.3. The van der Waals surface area contributed by atoms with E-state index in [1.165, 1.54) is 23.9 Å². The quantitative estimate of drug-likeness (QED) is 0.0634. The number of nitrogens with one attached hydrogen (secondary N) is 2. The first-order valence-electron chi connectivity index (χ1n) is 20.4. The van der Waals surface area contributed by atoms with Gasteiger partial charge in [0.05, 0.1) is 23.3 Å². The number of rotatable bonds is 18. The maximum absolute atomic E-state index is 14.1. The van der Waals surface area contributed by atoms with Crippen molar-refractivity contribution in [1.82, 2.24) is 9.62 Å². The molecule has 4 N–H and O–H groups in total. The largest absolute Gasteiger partial charge is 0.501 e. The van der Waals surface area contributed by atoms with Crippen LogP contribution < -0.4 is 14.9 Å². The molecule has 11 nitrogen and oxygen atoms in total. The number of aliphatic hydroxyl groups is 2. The average molecular weight is 925 g/mol. The monoisotopic (exact) mass is 924 g/mol. The smallest absolute Gasteiger partial charge is 0.395 e. The summed E-state index contributed by atoms with van der Waals surface area (Å²) in [6.07, 6.45) is 1.05. The Bertz CT molecular complexity index is 2540. The number of carbonyl (C=O) groups is 1. The number of halogens is 3. The van der Waals surface area contributed by atoms with E-state index in [4.69, 9.17) is 0 Å². The SMILES string of the molecule is Cc1ccc(-c2ccccc2[C@@H](O)C2CCN(c3ccc(C(=O)NS(=O)(=O)c4ccc(N[C@H](CCN(C)CCO)CSc5ccccc5)c(S(=O)(=O)C(F)(F)F)c4)cc3)CC2)cc1. The van der Waals surface area contributed by atoms with Crippen LogP contribution in [0, 0.1) is 12.8 Å². The second-order valence-electron chi connectivity index (χ2n) is 15.6. The maximum Gasteiger partial charge on any atom is 0.501 e. The van der Waals surface area contributed by atoms with Gasteiger partial charge in [0.25, 0.3) is 25.8 Å². The zero-order valence-corrected chi connectivity index (χ0v) is 37.3. The van der Waals surface area contributed by atoms with Gasteiger partial charge in [-0.2, -0.15) is 13.2 Å². The summed E-state index contributed by atoms with van der Waals surface area (Å²) in [5.41, 5.74) is -1.47. The summed E-state index contributed by atoms with van der Waals surface area (Å²) in [4.78, 5) is 15.9. The number of carbonyl (C=O) groups excluding carboxylic acids is 1. The van der Waals surface area contributed by atoms with Crippen LogP contribution in [0.1, 0.15) is 46.9 Å². The van der Waals surface area contributed by atoms with Gasteiger partial charge >= 0.3 is 5.51 Å². The van der Waals surface area contributed by atoms with Gasteiger partial charge in [-0.15, -0.1) is 11.8 Å². The summed E-state index contributed by atoms with van der Waals surface area (Å²) >= 11 is 1.40. The van der Waals surface area contributed by atoms with E-state index in [1.807, 2.05) is 95.4 Å². The lowest BCUT2D eigenvalue weighted by molar-refractivity contribution is -0.0435. The fourth-order valence-electron chi connectivity index (χ4n) is 7.47. The molecule has 0 bridgehead atoms. The van der Waals surface area contributed by atoms with Crippen molar-refractivity contribution < 1.29 is 45.0 Å². The first-order chi connectivity index (χ1) is 30.0. The molecule has 1 saturated heterocycles. The fraction of sp³-hybridized carbons (Fsp3) is 0.326. The highest BCUT2D eigenvalue weighted by Gasteiger charge is 2.48. The van der Waals surface area contributed by atoms with Crippen molar-refractivity contribution in [2.45, 2.75) is 58.5 Å². The number of piperidine rings is 1. The number of likely N-dealkylation sites (N-methyl/N-ethyl adjacent to an activating group) is 1. The van der Waals surface area contributed by atoms with Crippen molar-refractivity contribution in [2.75, 3.05) is 55.8 Å². The van der Waals surface area contributed by atoms with Gasteiger partial charge in [0.1, 0.15) is 4.90 Å². The Balaban J connectivity index is 1.14. The molecule has 2 atom stereocenters. The number of anilines is 2. The van der Waals surface area contributed by atoms with Gasteiger partial charge in [-0.25, -0.2) is 21.6 Å². The molecule has 0 aromatic heterocycles. The Morgan fingerprint density at radius 3 is 2.17 bits per heavy atom. The molecule has 336 valence electrons. The highest BCUT2D eigenvalue weighted by Crippen LogP contribution is 2.39. The van der Waals surface area contributed by atoms with E-state index in [-0.39, 0.29) is 18.1 Å². The van der Waals surface area contributed by atoms with Crippen molar-refractivity contribution in [3.8, 4) is 11.1 Å². The predicted octanol–water partition coefficient (Wildman–Crippen LogP) is 7.91. The highest BCUT2D eigenvalue weighted by atomic mass is 32.2. The summed E-state index contributed by atoms with van der Waals surface area (Å²) in [7, 11) is -9.20. The molecule has 17 heteroatoms. The van der Waals surface area contributed by atoms with Crippen LogP contribution >= 0.6 is 11.8 Å². The molecule has 1 aliphatic rings. The first kappa shape index (κ1) is 47.6. The third-order valence-electron chi connectivity index (χ3n) is 11.1. The van der Waals surface area contributed by atoms with Gasteiger partial charge in [0, 0.05) is 47.6 Å². The number of aliphatic hydroxyl groups excluding tert-OH is 2. The fourth-order valence-corrected chi connectivity index (χ4v) is 10.5. The molecule has 1 fully saturated rings. The van der Waals surface area contributed by atoms with Crippen LogP contribution in [0.5, 0.6) is 0 Å². The summed E-state index contributed by atoms with van der Waals surface area (Å²) < 4.78 is 97.1. The van der Waals surface area contributed by atoms with Crippen LogP contribution in [-0.2, 0) is 19.9 Å². The molecule has 0 radical (unpaired) electrons. The lowest BCUT2D eigenvalue weighted by atomic mass is 9.84. The lowest BCUT2D eigenvalue weighted by Crippen LogP contribution is -2.36. The van der Waals surface area contributed by atoms with E-state index < -0.39 is 58.9 Å².